The van der Waals surface area contributed by atoms with Gasteiger partial charge in [-0.25, -0.2) is 0 Å². The summed E-state index contributed by atoms with van der Waals surface area (Å²) in [5.74, 6) is 0.281. The predicted molar refractivity (Wildman–Crippen MR) is 47.7 cm³/mol. The maximum absolute atomic E-state index is 11.6. The molecule has 12 heavy (non-hydrogen) atoms. The zero-order valence-electron chi connectivity index (χ0n) is 7.94. The SMILES string of the molecule is CNC(=O)C12CCC(C)(CC1)C2. The first-order valence-electron chi connectivity index (χ1n) is 4.83. The van der Waals surface area contributed by atoms with Gasteiger partial charge in [-0.3, -0.25) is 4.79 Å². The summed E-state index contributed by atoms with van der Waals surface area (Å²) in [5, 5.41) is 2.80. The van der Waals surface area contributed by atoms with Crippen molar-refractivity contribution in [1.29, 1.82) is 0 Å². The molecule has 2 saturated carbocycles. The Morgan fingerprint density at radius 2 is 1.83 bits per heavy atom. The summed E-state index contributed by atoms with van der Waals surface area (Å²) >= 11 is 0. The monoisotopic (exact) mass is 167 g/mol. The molecule has 0 aromatic heterocycles. The molecular formula is C10H17NO. The van der Waals surface area contributed by atoms with E-state index in [9.17, 15) is 4.79 Å². The van der Waals surface area contributed by atoms with Crippen LogP contribution in [0.4, 0.5) is 0 Å². The number of carbonyl (C=O) groups is 1. The van der Waals surface area contributed by atoms with Crippen molar-refractivity contribution in [3.8, 4) is 0 Å². The third-order valence-electron chi connectivity index (χ3n) is 3.89. The molecule has 0 aromatic carbocycles. The molecule has 2 bridgehead atoms. The lowest BCUT2D eigenvalue weighted by atomic mass is 9.82. The molecule has 68 valence electrons. The second-order valence-electron chi connectivity index (χ2n) is 4.85. The van der Waals surface area contributed by atoms with Gasteiger partial charge in [0.05, 0.1) is 0 Å². The highest BCUT2D eigenvalue weighted by Gasteiger charge is 2.55. The molecule has 2 rings (SSSR count). The Balaban J connectivity index is 2.20. The summed E-state index contributed by atoms with van der Waals surface area (Å²) in [4.78, 5) is 11.6. The number of hydrogen-bond donors (Lipinski definition) is 1. The number of fused-ring (bicyclic) bond motifs is 2. The predicted octanol–water partition coefficient (Wildman–Crippen LogP) is 1.70. The van der Waals surface area contributed by atoms with Crippen LogP contribution in [0.5, 0.6) is 0 Å². The van der Waals surface area contributed by atoms with E-state index in [1.54, 1.807) is 7.05 Å². The second-order valence-corrected chi connectivity index (χ2v) is 4.85. The van der Waals surface area contributed by atoms with E-state index in [1.807, 2.05) is 0 Å². The summed E-state index contributed by atoms with van der Waals surface area (Å²) in [6, 6.07) is 0. The molecule has 0 spiro atoms. The first kappa shape index (κ1) is 8.09. The summed E-state index contributed by atoms with van der Waals surface area (Å²) in [7, 11) is 1.76. The molecular weight excluding hydrogens is 150 g/mol. The van der Waals surface area contributed by atoms with Crippen LogP contribution in [0.1, 0.15) is 39.0 Å². The number of hydrogen-bond acceptors (Lipinski definition) is 1. The molecule has 0 aromatic rings. The van der Waals surface area contributed by atoms with Gasteiger partial charge >= 0.3 is 0 Å². The van der Waals surface area contributed by atoms with Gasteiger partial charge in [0.25, 0.3) is 0 Å². The largest absolute Gasteiger partial charge is 0.359 e. The van der Waals surface area contributed by atoms with Crippen LogP contribution in [-0.4, -0.2) is 13.0 Å². The third-order valence-corrected chi connectivity index (χ3v) is 3.89. The topological polar surface area (TPSA) is 29.1 Å². The van der Waals surface area contributed by atoms with Crippen molar-refractivity contribution in [2.45, 2.75) is 39.0 Å². The van der Waals surface area contributed by atoms with E-state index < -0.39 is 0 Å². The quantitative estimate of drug-likeness (QED) is 0.632. The molecule has 2 aliphatic carbocycles. The molecule has 0 heterocycles. The van der Waals surface area contributed by atoms with Gasteiger partial charge in [0, 0.05) is 12.5 Å². The molecule has 0 aliphatic heterocycles. The van der Waals surface area contributed by atoms with Crippen LogP contribution in [-0.2, 0) is 4.79 Å². The summed E-state index contributed by atoms with van der Waals surface area (Å²) < 4.78 is 0. The lowest BCUT2D eigenvalue weighted by Gasteiger charge is -2.24. The fourth-order valence-corrected chi connectivity index (χ4v) is 3.08. The van der Waals surface area contributed by atoms with Gasteiger partial charge < -0.3 is 5.32 Å². The van der Waals surface area contributed by atoms with E-state index in [2.05, 4.69) is 12.2 Å². The van der Waals surface area contributed by atoms with Crippen LogP contribution in [0.2, 0.25) is 0 Å². The Labute approximate surface area is 73.7 Å². The van der Waals surface area contributed by atoms with Crippen molar-refractivity contribution in [1.82, 2.24) is 5.32 Å². The number of nitrogens with one attached hydrogen (secondary N) is 1. The fraction of sp³-hybridized carbons (Fsp3) is 0.900. The fourth-order valence-electron chi connectivity index (χ4n) is 3.08. The van der Waals surface area contributed by atoms with Crippen LogP contribution in [0, 0.1) is 10.8 Å². The average Bonchev–Trinajstić information content (AvgIpc) is 2.57. The van der Waals surface area contributed by atoms with Crippen molar-refractivity contribution >= 4 is 5.91 Å². The van der Waals surface area contributed by atoms with Gasteiger partial charge in [-0.2, -0.15) is 0 Å². The molecule has 1 N–H and O–H groups in total. The van der Waals surface area contributed by atoms with E-state index in [0.717, 1.165) is 19.3 Å². The maximum atomic E-state index is 11.6. The standard InChI is InChI=1S/C10H17NO/c1-9-3-5-10(7-9,6-4-9)8(12)11-2/h3-7H2,1-2H3,(H,11,12). The van der Waals surface area contributed by atoms with Gasteiger partial charge in [0.2, 0.25) is 5.91 Å². The molecule has 1 amide bonds. The Kier molecular flexibility index (Phi) is 1.51. The smallest absolute Gasteiger partial charge is 0.225 e. The molecule has 2 nitrogen and oxygen atoms in total. The van der Waals surface area contributed by atoms with Gasteiger partial charge in [-0.05, 0) is 37.5 Å². The Morgan fingerprint density at radius 1 is 1.25 bits per heavy atom. The average molecular weight is 167 g/mol. The van der Waals surface area contributed by atoms with Gasteiger partial charge in [-0.15, -0.1) is 0 Å². The van der Waals surface area contributed by atoms with Crippen molar-refractivity contribution in [2.75, 3.05) is 7.05 Å². The summed E-state index contributed by atoms with van der Waals surface area (Å²) in [5.41, 5.74) is 0.524. The van der Waals surface area contributed by atoms with Crippen molar-refractivity contribution in [3.05, 3.63) is 0 Å². The van der Waals surface area contributed by atoms with Crippen molar-refractivity contribution in [3.63, 3.8) is 0 Å². The Morgan fingerprint density at radius 3 is 2.17 bits per heavy atom. The van der Waals surface area contributed by atoms with E-state index in [-0.39, 0.29) is 11.3 Å². The zero-order chi connectivity index (χ0) is 8.82. The van der Waals surface area contributed by atoms with Crippen LogP contribution >= 0.6 is 0 Å². The van der Waals surface area contributed by atoms with E-state index in [1.165, 1.54) is 12.8 Å². The molecule has 2 heteroatoms. The van der Waals surface area contributed by atoms with E-state index in [0.29, 0.717) is 5.41 Å². The Bertz CT molecular complexity index is 214. The van der Waals surface area contributed by atoms with Crippen molar-refractivity contribution < 1.29 is 4.79 Å². The third kappa shape index (κ3) is 0.900. The van der Waals surface area contributed by atoms with Crippen LogP contribution in [0.25, 0.3) is 0 Å². The molecule has 0 radical (unpaired) electrons. The van der Waals surface area contributed by atoms with Crippen LogP contribution in [0.3, 0.4) is 0 Å². The first-order chi connectivity index (χ1) is 5.60. The van der Waals surface area contributed by atoms with Crippen LogP contribution in [0.15, 0.2) is 0 Å². The molecule has 0 unspecified atom stereocenters. The highest BCUT2D eigenvalue weighted by atomic mass is 16.2. The van der Waals surface area contributed by atoms with Gasteiger partial charge in [-0.1, -0.05) is 6.92 Å². The Hall–Kier alpha value is -0.530. The van der Waals surface area contributed by atoms with Crippen molar-refractivity contribution in [2.24, 2.45) is 10.8 Å². The number of rotatable bonds is 1. The lowest BCUT2D eigenvalue weighted by Crippen LogP contribution is -2.35. The molecule has 2 aliphatic rings. The minimum Gasteiger partial charge on any atom is -0.359 e. The second kappa shape index (κ2) is 2.24. The number of carbonyl (C=O) groups excluding carboxylic acids is 1. The maximum Gasteiger partial charge on any atom is 0.225 e. The molecule has 2 fully saturated rings. The normalized spacial score (nSPS) is 44.8. The molecule has 0 saturated heterocycles. The first-order valence-corrected chi connectivity index (χ1v) is 4.83. The van der Waals surface area contributed by atoms with E-state index in [4.69, 9.17) is 0 Å². The minimum atomic E-state index is 0.0313. The van der Waals surface area contributed by atoms with Crippen LogP contribution < -0.4 is 5.32 Å². The highest BCUT2D eigenvalue weighted by molar-refractivity contribution is 5.83. The van der Waals surface area contributed by atoms with Gasteiger partial charge in [0.1, 0.15) is 0 Å². The number of amides is 1. The van der Waals surface area contributed by atoms with E-state index >= 15 is 0 Å². The summed E-state index contributed by atoms with van der Waals surface area (Å²) in [6.07, 6.45) is 5.85. The van der Waals surface area contributed by atoms with Gasteiger partial charge in [0.15, 0.2) is 0 Å². The lowest BCUT2D eigenvalue weighted by molar-refractivity contribution is -0.130. The minimum absolute atomic E-state index is 0.0313. The highest BCUT2D eigenvalue weighted by Crippen LogP contribution is 2.61. The molecule has 0 atom stereocenters. The zero-order valence-corrected chi connectivity index (χ0v) is 7.94. The summed E-state index contributed by atoms with van der Waals surface area (Å²) in [6.45, 7) is 2.32.